The Balaban J connectivity index is 2.70. The highest BCUT2D eigenvalue weighted by Crippen LogP contribution is 2.20. The molecule has 1 unspecified atom stereocenters. The zero-order chi connectivity index (χ0) is 12.0. The van der Waals surface area contributed by atoms with E-state index < -0.39 is 0 Å². The van der Waals surface area contributed by atoms with Crippen LogP contribution >= 0.6 is 11.6 Å². The lowest BCUT2D eigenvalue weighted by molar-refractivity contribution is 0.114. The van der Waals surface area contributed by atoms with Crippen LogP contribution in [0.1, 0.15) is 30.5 Å². The molecule has 0 aromatic heterocycles. The molecule has 0 amide bonds. The summed E-state index contributed by atoms with van der Waals surface area (Å²) in [4.78, 5) is 0. The van der Waals surface area contributed by atoms with Gasteiger partial charge in [-0.25, -0.2) is 0 Å². The normalized spacial score (nSPS) is 12.8. The van der Waals surface area contributed by atoms with Gasteiger partial charge in [-0.15, -0.1) is 0 Å². The number of benzene rings is 1. The van der Waals surface area contributed by atoms with Crippen LogP contribution in [0.2, 0.25) is 5.02 Å². The number of ether oxygens (including phenoxy) is 1. The molecule has 1 rings (SSSR count). The first kappa shape index (κ1) is 13.5. The number of hydrogen-bond donors (Lipinski definition) is 1. The number of hydrogen-bond acceptors (Lipinski definition) is 2. The average Bonchev–Trinajstić information content (AvgIpc) is 2.23. The van der Waals surface area contributed by atoms with Gasteiger partial charge in [-0.1, -0.05) is 24.6 Å². The second kappa shape index (κ2) is 6.89. The largest absolute Gasteiger partial charge is 0.379 e. The van der Waals surface area contributed by atoms with Gasteiger partial charge in [0.25, 0.3) is 0 Å². The maximum absolute atomic E-state index is 6.04. The summed E-state index contributed by atoms with van der Waals surface area (Å²) in [5.41, 5.74) is 2.36. The van der Waals surface area contributed by atoms with E-state index in [1.54, 1.807) is 0 Å². The van der Waals surface area contributed by atoms with Crippen molar-refractivity contribution in [2.75, 3.05) is 20.3 Å². The molecule has 1 aromatic carbocycles. The summed E-state index contributed by atoms with van der Waals surface area (Å²) in [7, 11) is 1.94. The summed E-state index contributed by atoms with van der Waals surface area (Å²) < 4.78 is 5.56. The molecule has 1 aromatic rings. The van der Waals surface area contributed by atoms with Crippen LogP contribution in [0.25, 0.3) is 0 Å². The van der Waals surface area contributed by atoms with Crippen molar-refractivity contribution < 1.29 is 4.74 Å². The molecular weight excluding hydrogens is 222 g/mol. The summed E-state index contributed by atoms with van der Waals surface area (Å²) >= 11 is 6.04. The number of halogens is 1. The Kier molecular flexibility index (Phi) is 5.81. The van der Waals surface area contributed by atoms with Gasteiger partial charge in [0, 0.05) is 11.6 Å². The Morgan fingerprint density at radius 2 is 2.12 bits per heavy atom. The highest BCUT2D eigenvalue weighted by atomic mass is 35.5. The molecule has 3 heteroatoms. The molecular formula is C13H20ClNO. The molecule has 0 heterocycles. The molecule has 0 aliphatic heterocycles. The van der Waals surface area contributed by atoms with E-state index in [-0.39, 0.29) is 6.04 Å². The molecule has 2 nitrogen and oxygen atoms in total. The molecule has 0 aliphatic carbocycles. The maximum Gasteiger partial charge on any atom is 0.0661 e. The topological polar surface area (TPSA) is 21.3 Å². The molecule has 0 saturated heterocycles. The number of likely N-dealkylation sites (N-methyl/N-ethyl adjacent to an activating group) is 1. The van der Waals surface area contributed by atoms with Gasteiger partial charge in [-0.2, -0.15) is 0 Å². The van der Waals surface area contributed by atoms with Crippen LogP contribution < -0.4 is 5.32 Å². The summed E-state index contributed by atoms with van der Waals surface area (Å²) in [6, 6.07) is 6.31. The van der Waals surface area contributed by atoms with Crippen molar-refractivity contribution in [3.63, 3.8) is 0 Å². The van der Waals surface area contributed by atoms with Gasteiger partial charge in [0.15, 0.2) is 0 Å². The molecule has 0 spiro atoms. The number of nitrogens with one attached hydrogen (secondary N) is 1. The predicted molar refractivity (Wildman–Crippen MR) is 69.1 cm³/mol. The van der Waals surface area contributed by atoms with Gasteiger partial charge in [0.05, 0.1) is 12.6 Å². The highest BCUT2D eigenvalue weighted by Gasteiger charge is 2.10. The molecule has 0 fully saturated rings. The molecule has 0 aliphatic rings. The zero-order valence-electron chi connectivity index (χ0n) is 10.2. The quantitative estimate of drug-likeness (QED) is 0.772. The first-order chi connectivity index (χ1) is 7.67. The lowest BCUT2D eigenvalue weighted by Crippen LogP contribution is -2.22. The van der Waals surface area contributed by atoms with Gasteiger partial charge in [0.1, 0.15) is 0 Å². The average molecular weight is 242 g/mol. The molecule has 0 bridgehead atoms. The third kappa shape index (κ3) is 4.12. The lowest BCUT2D eigenvalue weighted by Gasteiger charge is -2.17. The fourth-order valence-electron chi connectivity index (χ4n) is 1.66. The van der Waals surface area contributed by atoms with Crippen molar-refractivity contribution in [2.45, 2.75) is 26.3 Å². The van der Waals surface area contributed by atoms with E-state index in [2.05, 4.69) is 25.2 Å². The van der Waals surface area contributed by atoms with Gasteiger partial charge in [-0.05, 0) is 43.7 Å². The fraction of sp³-hybridized carbons (Fsp3) is 0.538. The van der Waals surface area contributed by atoms with Crippen molar-refractivity contribution in [3.8, 4) is 0 Å². The Hall–Kier alpha value is -0.570. The van der Waals surface area contributed by atoms with Crippen LogP contribution in [0.15, 0.2) is 18.2 Å². The molecule has 90 valence electrons. The van der Waals surface area contributed by atoms with E-state index in [1.807, 2.05) is 19.2 Å². The second-order valence-electron chi connectivity index (χ2n) is 3.98. The third-order valence-corrected chi connectivity index (χ3v) is 2.67. The molecule has 16 heavy (non-hydrogen) atoms. The fourth-order valence-corrected chi connectivity index (χ4v) is 1.96. The van der Waals surface area contributed by atoms with E-state index >= 15 is 0 Å². The van der Waals surface area contributed by atoms with Crippen LogP contribution in [0, 0.1) is 6.92 Å². The van der Waals surface area contributed by atoms with E-state index in [1.165, 1.54) is 11.1 Å². The minimum Gasteiger partial charge on any atom is -0.379 e. The zero-order valence-corrected chi connectivity index (χ0v) is 11.0. The monoisotopic (exact) mass is 241 g/mol. The molecule has 0 radical (unpaired) electrons. The Bertz CT molecular complexity index is 307. The van der Waals surface area contributed by atoms with Crippen molar-refractivity contribution >= 4 is 11.6 Å². The van der Waals surface area contributed by atoms with Crippen LogP contribution in [-0.4, -0.2) is 20.3 Å². The van der Waals surface area contributed by atoms with Gasteiger partial charge < -0.3 is 10.1 Å². The standard InChI is InChI=1S/C13H20ClNO/c1-4-5-16-9-13(15-3)11-6-10(2)7-12(14)8-11/h6-8,13,15H,4-5,9H2,1-3H3. The number of aryl methyl sites for hydroxylation is 1. The van der Waals surface area contributed by atoms with Gasteiger partial charge in [-0.3, -0.25) is 0 Å². The minimum absolute atomic E-state index is 0.212. The molecule has 1 N–H and O–H groups in total. The summed E-state index contributed by atoms with van der Waals surface area (Å²) in [6.45, 7) is 5.65. The van der Waals surface area contributed by atoms with E-state index in [0.717, 1.165) is 18.1 Å². The van der Waals surface area contributed by atoms with Crippen LogP contribution in [-0.2, 0) is 4.74 Å². The highest BCUT2D eigenvalue weighted by molar-refractivity contribution is 6.30. The first-order valence-electron chi connectivity index (χ1n) is 5.69. The molecule has 0 saturated carbocycles. The van der Waals surface area contributed by atoms with Crippen LogP contribution in [0.4, 0.5) is 0 Å². The first-order valence-corrected chi connectivity index (χ1v) is 6.07. The Labute approximate surface area is 103 Å². The van der Waals surface area contributed by atoms with Crippen LogP contribution in [0.5, 0.6) is 0 Å². The SMILES string of the molecule is CCCOCC(NC)c1cc(C)cc(Cl)c1. The van der Waals surface area contributed by atoms with Crippen molar-refractivity contribution in [3.05, 3.63) is 34.3 Å². The second-order valence-corrected chi connectivity index (χ2v) is 4.41. The summed E-state index contributed by atoms with van der Waals surface area (Å²) in [5, 5.41) is 4.03. The van der Waals surface area contributed by atoms with E-state index in [9.17, 15) is 0 Å². The smallest absolute Gasteiger partial charge is 0.0661 e. The third-order valence-electron chi connectivity index (χ3n) is 2.45. The number of rotatable bonds is 6. The van der Waals surface area contributed by atoms with Crippen molar-refractivity contribution in [1.29, 1.82) is 0 Å². The van der Waals surface area contributed by atoms with Crippen molar-refractivity contribution in [2.24, 2.45) is 0 Å². The Morgan fingerprint density at radius 1 is 1.38 bits per heavy atom. The van der Waals surface area contributed by atoms with E-state index in [0.29, 0.717) is 6.61 Å². The van der Waals surface area contributed by atoms with Crippen LogP contribution in [0.3, 0.4) is 0 Å². The minimum atomic E-state index is 0.212. The van der Waals surface area contributed by atoms with Gasteiger partial charge >= 0.3 is 0 Å². The Morgan fingerprint density at radius 3 is 2.69 bits per heavy atom. The lowest BCUT2D eigenvalue weighted by atomic mass is 10.1. The van der Waals surface area contributed by atoms with Gasteiger partial charge in [0.2, 0.25) is 0 Å². The maximum atomic E-state index is 6.04. The predicted octanol–water partition coefficient (Wildman–Crippen LogP) is 3.34. The van der Waals surface area contributed by atoms with Crippen molar-refractivity contribution in [1.82, 2.24) is 5.32 Å². The molecule has 1 atom stereocenters. The van der Waals surface area contributed by atoms with E-state index in [4.69, 9.17) is 16.3 Å². The summed E-state index contributed by atoms with van der Waals surface area (Å²) in [6.07, 6.45) is 1.05. The summed E-state index contributed by atoms with van der Waals surface area (Å²) in [5.74, 6) is 0.